The number of nitrogens with one attached hydrogen (secondary N) is 1. The molecule has 1 heterocycles. The predicted molar refractivity (Wildman–Crippen MR) is 141 cm³/mol. The number of benzene rings is 3. The maximum atomic E-state index is 11.0. The lowest BCUT2D eigenvalue weighted by atomic mass is 9.96. The summed E-state index contributed by atoms with van der Waals surface area (Å²) in [7, 11) is 0. The Morgan fingerprint density at radius 3 is 2.33 bits per heavy atom. The molecule has 0 saturated heterocycles. The van der Waals surface area contributed by atoms with Crippen LogP contribution < -0.4 is 14.8 Å². The number of carbonyl (C=O) groups is 2. The van der Waals surface area contributed by atoms with Gasteiger partial charge >= 0.3 is 18.1 Å². The summed E-state index contributed by atoms with van der Waals surface area (Å²) < 4.78 is 43.4. The average Bonchev–Trinajstić information content (AvgIpc) is 2.92. The zero-order valence-electron chi connectivity index (χ0n) is 21.0. The Morgan fingerprint density at radius 2 is 1.70 bits per heavy atom. The van der Waals surface area contributed by atoms with Crippen LogP contribution >= 0.6 is 11.6 Å². The maximum Gasteiger partial charge on any atom is 0.490 e. The molecule has 0 fully saturated rings. The van der Waals surface area contributed by atoms with Crippen LogP contribution in [0.25, 0.3) is 11.1 Å². The lowest BCUT2D eigenvalue weighted by Gasteiger charge is -2.27. The normalized spacial score (nSPS) is 15.1. The number of carboxylic acid groups (broad SMARTS) is 2. The van der Waals surface area contributed by atoms with Gasteiger partial charge in [-0.25, -0.2) is 9.59 Å². The number of ether oxygens (including phenoxy) is 2. The SMILES string of the molecule is O=C(O)C(F)(F)F.O=C(O)c1ccc(-c2ccc3c(c2)CC[C@H](CNC[C@H](O)COc2ccccc2Cl)O3)cc1. The van der Waals surface area contributed by atoms with Crippen molar-refractivity contribution in [3.8, 4) is 22.6 Å². The number of alkyl halides is 3. The molecule has 8 nitrogen and oxygen atoms in total. The van der Waals surface area contributed by atoms with Crippen LogP contribution in [0.3, 0.4) is 0 Å². The van der Waals surface area contributed by atoms with Crippen molar-refractivity contribution in [3.05, 3.63) is 82.9 Å². The van der Waals surface area contributed by atoms with Crippen LogP contribution in [0, 0.1) is 0 Å². The molecule has 214 valence electrons. The first-order valence-electron chi connectivity index (χ1n) is 12.1. The van der Waals surface area contributed by atoms with Crippen LogP contribution in [-0.2, 0) is 11.2 Å². The van der Waals surface area contributed by atoms with E-state index in [1.165, 1.54) is 0 Å². The molecule has 0 aromatic heterocycles. The minimum absolute atomic E-state index is 0.0230. The summed E-state index contributed by atoms with van der Waals surface area (Å²) in [6.07, 6.45) is -3.96. The van der Waals surface area contributed by atoms with Gasteiger partial charge in [-0.3, -0.25) is 0 Å². The fourth-order valence-corrected chi connectivity index (χ4v) is 3.98. The van der Waals surface area contributed by atoms with Crippen LogP contribution in [0.5, 0.6) is 11.5 Å². The van der Waals surface area contributed by atoms with E-state index in [0.717, 1.165) is 35.3 Å². The quantitative estimate of drug-likeness (QED) is 0.276. The monoisotopic (exact) mass is 581 g/mol. The van der Waals surface area contributed by atoms with Gasteiger partial charge in [-0.1, -0.05) is 41.9 Å². The van der Waals surface area contributed by atoms with Gasteiger partial charge in [0.1, 0.15) is 30.3 Å². The summed E-state index contributed by atoms with van der Waals surface area (Å²) >= 11 is 6.06. The van der Waals surface area contributed by atoms with Crippen molar-refractivity contribution in [2.45, 2.75) is 31.2 Å². The standard InChI is InChI=1S/C26H26ClNO5.C2HF3O2/c27-23-3-1-2-4-25(23)32-16-21(29)14-28-15-22-11-9-20-13-19(10-12-24(20)33-22)17-5-7-18(8-6-17)26(30)31;3-2(4,5)1(6)7/h1-8,10,12-13,21-22,28-29H,9,11,14-16H2,(H,30,31);(H,6,7)/t21-,22+;/m0./s1. The van der Waals surface area contributed by atoms with E-state index in [4.69, 9.17) is 36.1 Å². The van der Waals surface area contributed by atoms with E-state index in [1.54, 1.807) is 24.3 Å². The first-order valence-corrected chi connectivity index (χ1v) is 12.5. The van der Waals surface area contributed by atoms with Crippen LogP contribution in [0.2, 0.25) is 5.02 Å². The van der Waals surface area contributed by atoms with Gasteiger partial charge in [0.15, 0.2) is 0 Å². The highest BCUT2D eigenvalue weighted by molar-refractivity contribution is 6.32. The topological polar surface area (TPSA) is 125 Å². The lowest BCUT2D eigenvalue weighted by molar-refractivity contribution is -0.192. The molecule has 40 heavy (non-hydrogen) atoms. The lowest BCUT2D eigenvalue weighted by Crippen LogP contribution is -2.39. The minimum Gasteiger partial charge on any atom is -0.489 e. The molecule has 0 saturated carbocycles. The van der Waals surface area contributed by atoms with Gasteiger partial charge in [0.25, 0.3) is 0 Å². The van der Waals surface area contributed by atoms with Gasteiger partial charge in [-0.15, -0.1) is 0 Å². The van der Waals surface area contributed by atoms with Gasteiger partial charge < -0.3 is 30.1 Å². The second-order valence-electron chi connectivity index (χ2n) is 8.84. The largest absolute Gasteiger partial charge is 0.490 e. The van der Waals surface area contributed by atoms with E-state index in [9.17, 15) is 23.1 Å². The molecule has 4 rings (SSSR count). The van der Waals surface area contributed by atoms with Gasteiger partial charge in [-0.2, -0.15) is 13.2 Å². The van der Waals surface area contributed by atoms with E-state index < -0.39 is 24.2 Å². The van der Waals surface area contributed by atoms with E-state index in [-0.39, 0.29) is 18.3 Å². The van der Waals surface area contributed by atoms with Crippen molar-refractivity contribution in [2.75, 3.05) is 19.7 Å². The highest BCUT2D eigenvalue weighted by atomic mass is 35.5. The smallest absolute Gasteiger partial charge is 0.489 e. The molecule has 1 aliphatic heterocycles. The zero-order valence-corrected chi connectivity index (χ0v) is 21.8. The molecule has 3 aromatic rings. The minimum atomic E-state index is -5.08. The maximum absolute atomic E-state index is 11.0. The van der Waals surface area contributed by atoms with Crippen molar-refractivity contribution in [3.63, 3.8) is 0 Å². The number of para-hydroxylation sites is 1. The summed E-state index contributed by atoms with van der Waals surface area (Å²) in [6, 6.07) is 20.1. The fraction of sp³-hybridized carbons (Fsp3) is 0.286. The zero-order chi connectivity index (χ0) is 29.3. The van der Waals surface area contributed by atoms with E-state index in [0.29, 0.717) is 23.9 Å². The number of aliphatic carboxylic acids is 1. The molecule has 3 aromatic carbocycles. The van der Waals surface area contributed by atoms with Crippen molar-refractivity contribution in [2.24, 2.45) is 0 Å². The van der Waals surface area contributed by atoms with Gasteiger partial charge in [0.05, 0.1) is 10.6 Å². The molecule has 4 N–H and O–H groups in total. The second kappa shape index (κ2) is 14.0. The Kier molecular flexibility index (Phi) is 10.8. The highest BCUT2D eigenvalue weighted by Crippen LogP contribution is 2.32. The highest BCUT2D eigenvalue weighted by Gasteiger charge is 2.38. The Bertz CT molecular complexity index is 1300. The number of aromatic carboxylic acids is 1. The van der Waals surface area contributed by atoms with Crippen LogP contribution in [-0.4, -0.2) is 65.3 Å². The number of aliphatic hydroxyl groups is 1. The third-order valence-corrected chi connectivity index (χ3v) is 6.13. The van der Waals surface area contributed by atoms with E-state index in [2.05, 4.69) is 11.4 Å². The summed E-state index contributed by atoms with van der Waals surface area (Å²) in [4.78, 5) is 19.9. The van der Waals surface area contributed by atoms with Crippen molar-refractivity contribution in [1.82, 2.24) is 5.32 Å². The van der Waals surface area contributed by atoms with Gasteiger partial charge in [-0.05, 0) is 65.9 Å². The summed E-state index contributed by atoms with van der Waals surface area (Å²) in [6.45, 7) is 1.17. The van der Waals surface area contributed by atoms with E-state index in [1.807, 2.05) is 36.4 Å². The van der Waals surface area contributed by atoms with Gasteiger partial charge in [0, 0.05) is 13.1 Å². The molecular weight excluding hydrogens is 555 g/mol. The number of halogens is 4. The van der Waals surface area contributed by atoms with Crippen LogP contribution in [0.4, 0.5) is 13.2 Å². The van der Waals surface area contributed by atoms with Crippen molar-refractivity contribution in [1.29, 1.82) is 0 Å². The van der Waals surface area contributed by atoms with Crippen LogP contribution in [0.1, 0.15) is 22.3 Å². The number of carboxylic acids is 2. The molecule has 12 heteroatoms. The molecule has 0 radical (unpaired) electrons. The first kappa shape index (κ1) is 30.7. The Balaban J connectivity index is 0.000000559. The average molecular weight is 582 g/mol. The third-order valence-electron chi connectivity index (χ3n) is 5.82. The Labute approximate surface area is 232 Å². The Morgan fingerprint density at radius 1 is 1.05 bits per heavy atom. The fourth-order valence-electron chi connectivity index (χ4n) is 3.79. The molecule has 0 unspecified atom stereocenters. The number of aliphatic hydroxyl groups excluding tert-OH is 1. The molecule has 2 atom stereocenters. The molecule has 0 amide bonds. The number of hydrogen-bond donors (Lipinski definition) is 4. The second-order valence-corrected chi connectivity index (χ2v) is 9.25. The van der Waals surface area contributed by atoms with Crippen molar-refractivity contribution < 1.29 is 47.6 Å². The summed E-state index contributed by atoms with van der Waals surface area (Å²) in [5.74, 6) is -2.27. The first-order chi connectivity index (χ1) is 18.9. The number of hydrogen-bond acceptors (Lipinski definition) is 6. The molecule has 0 bridgehead atoms. The predicted octanol–water partition coefficient (Wildman–Crippen LogP) is 5.06. The number of fused-ring (bicyclic) bond motifs is 1. The summed E-state index contributed by atoms with van der Waals surface area (Å²) in [5, 5.41) is 30.1. The number of aryl methyl sites for hydroxylation is 1. The third kappa shape index (κ3) is 9.15. The summed E-state index contributed by atoms with van der Waals surface area (Å²) in [5.41, 5.74) is 3.42. The molecular formula is C28H27ClF3NO7. The number of rotatable bonds is 9. The van der Waals surface area contributed by atoms with Crippen molar-refractivity contribution >= 4 is 23.5 Å². The van der Waals surface area contributed by atoms with Crippen LogP contribution in [0.15, 0.2) is 66.7 Å². The Hall–Kier alpha value is -3.80. The van der Waals surface area contributed by atoms with Gasteiger partial charge in [0.2, 0.25) is 0 Å². The molecule has 0 aliphatic carbocycles. The molecule has 0 spiro atoms. The molecule has 1 aliphatic rings. The van der Waals surface area contributed by atoms with E-state index >= 15 is 0 Å².